The quantitative estimate of drug-likeness (QED) is 0.501. The second-order valence-corrected chi connectivity index (χ2v) is 3.27. The highest BCUT2D eigenvalue weighted by Gasteiger charge is 2.49. The van der Waals surface area contributed by atoms with Crippen molar-refractivity contribution in [3.63, 3.8) is 0 Å². The predicted molar refractivity (Wildman–Crippen MR) is 31.5 cm³/mol. The van der Waals surface area contributed by atoms with Gasteiger partial charge in [0.2, 0.25) is 0 Å². The van der Waals surface area contributed by atoms with E-state index in [1.807, 2.05) is 0 Å². The number of aliphatic hydroxyl groups is 1. The largest absolute Gasteiger partial charge is 0.393 e. The fourth-order valence-electron chi connectivity index (χ4n) is 1.90. The Kier molecular flexibility index (Phi) is 0.762. The fraction of sp³-hybridized carbons (Fsp3) is 1.00. The van der Waals surface area contributed by atoms with Gasteiger partial charge in [-0.05, 0) is 31.1 Å². The van der Waals surface area contributed by atoms with E-state index >= 15 is 0 Å². The van der Waals surface area contributed by atoms with Gasteiger partial charge in [-0.3, -0.25) is 0 Å². The van der Waals surface area contributed by atoms with Gasteiger partial charge in [0.1, 0.15) is 0 Å². The van der Waals surface area contributed by atoms with Gasteiger partial charge >= 0.3 is 0 Å². The van der Waals surface area contributed by atoms with Gasteiger partial charge in [-0.1, -0.05) is 6.42 Å². The minimum atomic E-state index is 0.0799. The Morgan fingerprint density at radius 3 is 2.00 bits per heavy atom. The van der Waals surface area contributed by atoms with Crippen molar-refractivity contribution in [1.29, 1.82) is 0 Å². The smallest absolute Gasteiger partial charge is 0.0596 e. The van der Waals surface area contributed by atoms with Crippen LogP contribution in [0.4, 0.5) is 0 Å². The zero-order valence-corrected chi connectivity index (χ0v) is 5.06. The molecule has 46 valence electrons. The van der Waals surface area contributed by atoms with Gasteiger partial charge in [0.05, 0.1) is 6.10 Å². The molecule has 2 rings (SSSR count). The predicted octanol–water partition coefficient (Wildman–Crippen LogP) is 1.31. The van der Waals surface area contributed by atoms with Gasteiger partial charge in [0.25, 0.3) is 0 Å². The average Bonchev–Trinajstić information content (AvgIpc) is 1.58. The monoisotopic (exact) mass is 112 g/mol. The maximum atomic E-state index is 9.22. The Morgan fingerprint density at radius 1 is 1.25 bits per heavy atom. The lowest BCUT2D eigenvalue weighted by Gasteiger charge is -2.53. The number of hydrogen-bond acceptors (Lipinski definition) is 1. The molecule has 0 amide bonds. The Labute approximate surface area is 49.7 Å². The summed E-state index contributed by atoms with van der Waals surface area (Å²) >= 11 is 0. The van der Waals surface area contributed by atoms with E-state index < -0.39 is 0 Å². The zero-order chi connectivity index (χ0) is 5.61. The van der Waals surface area contributed by atoms with E-state index in [2.05, 4.69) is 0 Å². The summed E-state index contributed by atoms with van der Waals surface area (Å²) in [4.78, 5) is 0. The molecule has 0 aromatic rings. The zero-order valence-electron chi connectivity index (χ0n) is 5.06. The van der Waals surface area contributed by atoms with E-state index in [1.165, 1.54) is 25.7 Å². The van der Waals surface area contributed by atoms with E-state index in [-0.39, 0.29) is 6.10 Å². The lowest BCUT2D eigenvalue weighted by atomic mass is 9.54. The Hall–Kier alpha value is -0.0400. The number of hydrogen-bond donors (Lipinski definition) is 1. The van der Waals surface area contributed by atoms with Gasteiger partial charge < -0.3 is 5.11 Å². The third-order valence-electron chi connectivity index (χ3n) is 2.97. The second kappa shape index (κ2) is 1.27. The Morgan fingerprint density at radius 2 is 2.00 bits per heavy atom. The molecule has 8 heavy (non-hydrogen) atoms. The molecular formula is C7H12O. The minimum Gasteiger partial charge on any atom is -0.393 e. The molecule has 1 unspecified atom stereocenters. The fourth-order valence-corrected chi connectivity index (χ4v) is 1.90. The molecule has 1 heteroatoms. The van der Waals surface area contributed by atoms with E-state index in [9.17, 15) is 5.11 Å². The first-order chi connectivity index (χ1) is 3.83. The SMILES string of the molecule is OC1CCC12CCC2. The molecule has 2 aliphatic rings. The van der Waals surface area contributed by atoms with Crippen LogP contribution in [-0.2, 0) is 0 Å². The van der Waals surface area contributed by atoms with Gasteiger partial charge in [0, 0.05) is 0 Å². The first-order valence-electron chi connectivity index (χ1n) is 3.52. The maximum Gasteiger partial charge on any atom is 0.0596 e. The van der Waals surface area contributed by atoms with Gasteiger partial charge in [0.15, 0.2) is 0 Å². The molecule has 2 saturated carbocycles. The third-order valence-corrected chi connectivity index (χ3v) is 2.97. The summed E-state index contributed by atoms with van der Waals surface area (Å²) in [6.45, 7) is 0. The van der Waals surface area contributed by atoms with Crippen LogP contribution in [0, 0.1) is 5.41 Å². The summed E-state index contributed by atoms with van der Waals surface area (Å²) in [6.07, 6.45) is 6.41. The van der Waals surface area contributed by atoms with E-state index in [0.29, 0.717) is 5.41 Å². The van der Waals surface area contributed by atoms with Gasteiger partial charge in [-0.25, -0.2) is 0 Å². The summed E-state index contributed by atoms with van der Waals surface area (Å²) in [7, 11) is 0. The molecule has 1 atom stereocenters. The van der Waals surface area contributed by atoms with Gasteiger partial charge in [-0.2, -0.15) is 0 Å². The van der Waals surface area contributed by atoms with Crippen molar-refractivity contribution in [2.24, 2.45) is 5.41 Å². The summed E-state index contributed by atoms with van der Waals surface area (Å²) in [5, 5.41) is 9.22. The van der Waals surface area contributed by atoms with E-state index in [1.54, 1.807) is 0 Å². The lowest BCUT2D eigenvalue weighted by molar-refractivity contribution is -0.115. The maximum absolute atomic E-state index is 9.22. The molecule has 1 N–H and O–H groups in total. The molecule has 0 aromatic carbocycles. The number of aliphatic hydroxyl groups excluding tert-OH is 1. The van der Waals surface area contributed by atoms with Crippen molar-refractivity contribution in [2.75, 3.05) is 0 Å². The molecule has 2 aliphatic carbocycles. The summed E-state index contributed by atoms with van der Waals surface area (Å²) in [5.74, 6) is 0. The molecular weight excluding hydrogens is 100 g/mol. The number of rotatable bonds is 0. The van der Waals surface area contributed by atoms with Crippen LogP contribution in [0.15, 0.2) is 0 Å². The minimum absolute atomic E-state index is 0.0799. The highest BCUT2D eigenvalue weighted by molar-refractivity contribution is 5.00. The topological polar surface area (TPSA) is 20.2 Å². The molecule has 2 fully saturated rings. The first-order valence-corrected chi connectivity index (χ1v) is 3.52. The standard InChI is InChI=1S/C7H12O/c8-6-2-5-7(6)3-1-4-7/h6,8H,1-5H2. The van der Waals surface area contributed by atoms with Crippen LogP contribution < -0.4 is 0 Å². The molecule has 0 aliphatic heterocycles. The molecule has 1 spiro atoms. The summed E-state index contributed by atoms with van der Waals surface area (Å²) in [6, 6.07) is 0. The lowest BCUT2D eigenvalue weighted by Crippen LogP contribution is -2.49. The van der Waals surface area contributed by atoms with Crippen LogP contribution in [0.5, 0.6) is 0 Å². The van der Waals surface area contributed by atoms with Crippen LogP contribution >= 0.6 is 0 Å². The molecule has 0 saturated heterocycles. The average molecular weight is 112 g/mol. The third kappa shape index (κ3) is 0.368. The normalized spacial score (nSPS) is 40.9. The van der Waals surface area contributed by atoms with Gasteiger partial charge in [-0.15, -0.1) is 0 Å². The first kappa shape index (κ1) is 4.80. The highest BCUT2D eigenvalue weighted by Crippen LogP contribution is 2.55. The molecule has 0 heterocycles. The Balaban J connectivity index is 2.03. The molecule has 0 aromatic heterocycles. The highest BCUT2D eigenvalue weighted by atomic mass is 16.3. The van der Waals surface area contributed by atoms with Crippen LogP contribution in [0.2, 0.25) is 0 Å². The second-order valence-electron chi connectivity index (χ2n) is 3.27. The van der Waals surface area contributed by atoms with E-state index in [4.69, 9.17) is 0 Å². The van der Waals surface area contributed by atoms with E-state index in [0.717, 1.165) is 6.42 Å². The molecule has 0 bridgehead atoms. The van der Waals surface area contributed by atoms with Crippen LogP contribution in [0.25, 0.3) is 0 Å². The Bertz CT molecular complexity index is 99.4. The van der Waals surface area contributed by atoms with Crippen LogP contribution in [0.3, 0.4) is 0 Å². The molecule has 0 radical (unpaired) electrons. The summed E-state index contributed by atoms with van der Waals surface area (Å²) < 4.78 is 0. The summed E-state index contributed by atoms with van der Waals surface area (Å²) in [5.41, 5.74) is 0.458. The molecule has 1 nitrogen and oxygen atoms in total. The van der Waals surface area contributed by atoms with Crippen LogP contribution in [0.1, 0.15) is 32.1 Å². The van der Waals surface area contributed by atoms with Crippen LogP contribution in [-0.4, -0.2) is 11.2 Å². The van der Waals surface area contributed by atoms with Crippen molar-refractivity contribution in [3.05, 3.63) is 0 Å². The van der Waals surface area contributed by atoms with Crippen molar-refractivity contribution in [2.45, 2.75) is 38.2 Å². The van der Waals surface area contributed by atoms with Crippen molar-refractivity contribution in [1.82, 2.24) is 0 Å². The van der Waals surface area contributed by atoms with Crippen molar-refractivity contribution in [3.8, 4) is 0 Å². The van der Waals surface area contributed by atoms with Crippen molar-refractivity contribution >= 4 is 0 Å². The van der Waals surface area contributed by atoms with Crippen molar-refractivity contribution < 1.29 is 5.11 Å².